The Morgan fingerprint density at radius 2 is 2.22 bits per heavy atom. The number of hydrogen-bond acceptors (Lipinski definition) is 5. The summed E-state index contributed by atoms with van der Waals surface area (Å²) in [6.45, 7) is 4.94. The number of likely N-dealkylation sites (tertiary alicyclic amines) is 2. The molecule has 140 valence electrons. The Labute approximate surface area is 159 Å². The molecule has 0 radical (unpaired) electrons. The van der Waals surface area contributed by atoms with Crippen molar-refractivity contribution in [2.45, 2.75) is 38.3 Å². The predicted molar refractivity (Wildman–Crippen MR) is 105 cm³/mol. The maximum absolute atomic E-state index is 12.6. The molecular weight excluding hydrogens is 338 g/mol. The van der Waals surface area contributed by atoms with Gasteiger partial charge >= 0.3 is 0 Å². The smallest absolute Gasteiger partial charge is 0.237 e. The summed E-state index contributed by atoms with van der Waals surface area (Å²) in [5, 5.41) is 14.0. The van der Waals surface area contributed by atoms with Gasteiger partial charge in [-0.3, -0.25) is 14.7 Å². The Bertz CT molecular complexity index is 890. The molecule has 2 fully saturated rings. The molecule has 0 unspecified atom stereocenters. The van der Waals surface area contributed by atoms with Crippen LogP contribution in [0.2, 0.25) is 0 Å². The van der Waals surface area contributed by atoms with Crippen molar-refractivity contribution < 1.29 is 4.79 Å². The second-order valence-electron chi connectivity index (χ2n) is 7.57. The third-order valence-corrected chi connectivity index (χ3v) is 5.68. The number of amides is 1. The maximum Gasteiger partial charge on any atom is 0.237 e. The lowest BCUT2D eigenvalue weighted by molar-refractivity contribution is -0.132. The largest absolute Gasteiger partial charge is 0.380 e. The Morgan fingerprint density at radius 3 is 3.07 bits per heavy atom. The van der Waals surface area contributed by atoms with Crippen molar-refractivity contribution >= 4 is 22.5 Å². The van der Waals surface area contributed by atoms with Gasteiger partial charge in [0.1, 0.15) is 6.04 Å². The van der Waals surface area contributed by atoms with Crippen LogP contribution in [0, 0.1) is 18.3 Å². The standard InChI is InChI=1S/C21H25N5O/c1-15-6-7-19(18-5-2-9-23-21(15)18)24-16-8-11-25(13-16)14-20(27)26-10-3-4-17(26)12-22/h2,5-7,9,16-17,24H,3-4,8,10-11,13-14H2,1H3/t16-,17-/m0/s1. The van der Waals surface area contributed by atoms with Crippen LogP contribution in [0.4, 0.5) is 5.69 Å². The number of carbonyl (C=O) groups excluding carboxylic acids is 1. The number of pyridine rings is 1. The number of hydrogen-bond donors (Lipinski definition) is 1. The molecule has 2 saturated heterocycles. The fourth-order valence-corrected chi connectivity index (χ4v) is 4.24. The maximum atomic E-state index is 12.6. The first kappa shape index (κ1) is 17.7. The Balaban J connectivity index is 1.39. The van der Waals surface area contributed by atoms with Crippen LogP contribution in [0.25, 0.3) is 10.9 Å². The van der Waals surface area contributed by atoms with E-state index in [1.165, 1.54) is 5.56 Å². The number of benzene rings is 1. The minimum absolute atomic E-state index is 0.0877. The predicted octanol–water partition coefficient (Wildman–Crippen LogP) is 2.54. The number of rotatable bonds is 4. The van der Waals surface area contributed by atoms with Gasteiger partial charge in [0.05, 0.1) is 18.1 Å². The topological polar surface area (TPSA) is 72.3 Å². The fourth-order valence-electron chi connectivity index (χ4n) is 4.24. The number of nitrogens with zero attached hydrogens (tertiary/aromatic N) is 4. The highest BCUT2D eigenvalue weighted by Crippen LogP contribution is 2.26. The number of aryl methyl sites for hydroxylation is 1. The van der Waals surface area contributed by atoms with Gasteiger partial charge in [-0.1, -0.05) is 6.07 Å². The third-order valence-electron chi connectivity index (χ3n) is 5.68. The molecule has 6 heteroatoms. The lowest BCUT2D eigenvalue weighted by Crippen LogP contribution is -2.42. The molecule has 6 nitrogen and oxygen atoms in total. The minimum Gasteiger partial charge on any atom is -0.380 e. The number of anilines is 1. The molecule has 1 aromatic carbocycles. The van der Waals surface area contributed by atoms with Crippen LogP contribution in [-0.2, 0) is 4.79 Å². The third kappa shape index (κ3) is 3.60. The molecule has 0 saturated carbocycles. The van der Waals surface area contributed by atoms with Crippen LogP contribution in [-0.4, -0.2) is 59.0 Å². The quantitative estimate of drug-likeness (QED) is 0.904. The van der Waals surface area contributed by atoms with Crippen LogP contribution in [0.1, 0.15) is 24.8 Å². The summed E-state index contributed by atoms with van der Waals surface area (Å²) in [6, 6.07) is 10.6. The van der Waals surface area contributed by atoms with Gasteiger partial charge in [-0.2, -0.15) is 5.26 Å². The summed E-state index contributed by atoms with van der Waals surface area (Å²) in [6.07, 6.45) is 4.57. The molecular formula is C21H25N5O. The molecule has 1 aromatic heterocycles. The molecule has 0 bridgehead atoms. The van der Waals surface area contributed by atoms with E-state index in [0.29, 0.717) is 12.6 Å². The molecule has 2 atom stereocenters. The van der Waals surface area contributed by atoms with Gasteiger partial charge < -0.3 is 10.2 Å². The second kappa shape index (κ2) is 7.53. The zero-order valence-electron chi connectivity index (χ0n) is 15.7. The average Bonchev–Trinajstić information content (AvgIpc) is 3.33. The summed E-state index contributed by atoms with van der Waals surface area (Å²) in [5.41, 5.74) is 3.31. The molecule has 3 heterocycles. The van der Waals surface area contributed by atoms with Gasteiger partial charge in [-0.25, -0.2) is 0 Å². The monoisotopic (exact) mass is 363 g/mol. The lowest BCUT2D eigenvalue weighted by Gasteiger charge is -2.23. The molecule has 1 N–H and O–H groups in total. The molecule has 0 spiro atoms. The van der Waals surface area contributed by atoms with E-state index in [1.54, 1.807) is 4.90 Å². The van der Waals surface area contributed by atoms with Crippen LogP contribution in [0.5, 0.6) is 0 Å². The Hall–Kier alpha value is -2.65. The molecule has 0 aliphatic carbocycles. The summed E-state index contributed by atoms with van der Waals surface area (Å²) in [7, 11) is 0. The molecule has 4 rings (SSSR count). The van der Waals surface area contributed by atoms with Crippen molar-refractivity contribution in [1.82, 2.24) is 14.8 Å². The van der Waals surface area contributed by atoms with Gasteiger partial charge in [0.2, 0.25) is 5.91 Å². The van der Waals surface area contributed by atoms with Gasteiger partial charge in [-0.15, -0.1) is 0 Å². The summed E-state index contributed by atoms with van der Waals surface area (Å²) >= 11 is 0. The molecule has 2 aliphatic rings. The van der Waals surface area contributed by atoms with Crippen molar-refractivity contribution in [2.75, 3.05) is 31.5 Å². The first-order valence-electron chi connectivity index (χ1n) is 9.68. The second-order valence-corrected chi connectivity index (χ2v) is 7.57. The van der Waals surface area contributed by atoms with Crippen molar-refractivity contribution in [3.63, 3.8) is 0 Å². The highest BCUT2D eigenvalue weighted by atomic mass is 16.2. The highest BCUT2D eigenvalue weighted by Gasteiger charge is 2.31. The van der Waals surface area contributed by atoms with E-state index in [1.807, 2.05) is 12.3 Å². The SMILES string of the molecule is Cc1ccc(N[C@H]2CCN(CC(=O)N3CCC[C@H]3C#N)C2)c2cccnc12. The van der Waals surface area contributed by atoms with Crippen molar-refractivity contribution in [3.8, 4) is 6.07 Å². The number of aromatic nitrogens is 1. The van der Waals surface area contributed by atoms with E-state index < -0.39 is 0 Å². The molecule has 1 amide bonds. The Morgan fingerprint density at radius 1 is 1.33 bits per heavy atom. The van der Waals surface area contributed by atoms with Crippen molar-refractivity contribution in [1.29, 1.82) is 5.26 Å². The number of nitrogens with one attached hydrogen (secondary N) is 1. The number of nitriles is 1. The van der Waals surface area contributed by atoms with Crippen molar-refractivity contribution in [3.05, 3.63) is 36.0 Å². The molecule has 2 aromatic rings. The summed E-state index contributed by atoms with van der Waals surface area (Å²) in [4.78, 5) is 21.0. The van der Waals surface area contributed by atoms with E-state index in [-0.39, 0.29) is 11.9 Å². The average molecular weight is 363 g/mol. The van der Waals surface area contributed by atoms with Crippen LogP contribution < -0.4 is 5.32 Å². The van der Waals surface area contributed by atoms with Crippen LogP contribution >= 0.6 is 0 Å². The van der Waals surface area contributed by atoms with E-state index >= 15 is 0 Å². The van der Waals surface area contributed by atoms with E-state index in [2.05, 4.69) is 46.4 Å². The zero-order valence-corrected chi connectivity index (χ0v) is 15.7. The van der Waals surface area contributed by atoms with E-state index in [9.17, 15) is 10.1 Å². The van der Waals surface area contributed by atoms with E-state index in [0.717, 1.165) is 55.5 Å². The lowest BCUT2D eigenvalue weighted by atomic mass is 10.1. The number of carbonyl (C=O) groups is 1. The molecule has 27 heavy (non-hydrogen) atoms. The van der Waals surface area contributed by atoms with Gasteiger partial charge in [0.25, 0.3) is 0 Å². The van der Waals surface area contributed by atoms with Gasteiger partial charge in [-0.05, 0) is 49.9 Å². The van der Waals surface area contributed by atoms with Gasteiger partial charge in [0, 0.05) is 42.9 Å². The summed E-state index contributed by atoms with van der Waals surface area (Å²) < 4.78 is 0. The minimum atomic E-state index is -0.236. The number of fused-ring (bicyclic) bond motifs is 1. The zero-order chi connectivity index (χ0) is 18.8. The van der Waals surface area contributed by atoms with Crippen LogP contribution in [0.3, 0.4) is 0 Å². The van der Waals surface area contributed by atoms with E-state index in [4.69, 9.17) is 0 Å². The Kier molecular flexibility index (Phi) is 4.95. The van der Waals surface area contributed by atoms with Crippen LogP contribution in [0.15, 0.2) is 30.5 Å². The first-order valence-corrected chi connectivity index (χ1v) is 9.68. The summed E-state index contributed by atoms with van der Waals surface area (Å²) in [5.74, 6) is 0.0877. The molecule has 2 aliphatic heterocycles. The van der Waals surface area contributed by atoms with Crippen molar-refractivity contribution in [2.24, 2.45) is 0 Å². The highest BCUT2D eigenvalue weighted by molar-refractivity contribution is 5.93. The first-order chi connectivity index (χ1) is 13.2. The normalized spacial score (nSPS) is 22.9. The van der Waals surface area contributed by atoms with Gasteiger partial charge in [0.15, 0.2) is 0 Å². The fraction of sp³-hybridized carbons (Fsp3) is 0.476.